The number of nitrogens with two attached hydrogens (primary N) is 1. The van der Waals surface area contributed by atoms with Crippen LogP contribution in [0.1, 0.15) is 63.5 Å². The standard InChI is InChI=1S/C27H38N6/c1-5-21(9-6-7-18-32(29)31-4)12-17-25-20(2)33(24-10-8-11-24)27(26(25)19-28)22-13-15-23(30-3)16-14-22/h12-17,24,30-31H,2,5-11,18,29H2,1,3-4H3/b21-12+,25-17+. The summed E-state index contributed by atoms with van der Waals surface area (Å²) in [5.41, 5.74) is 8.16. The number of allylic oxidation sites excluding steroid dienone is 2. The molecule has 1 aliphatic rings. The maximum Gasteiger partial charge on any atom is 0.102 e. The molecule has 0 unspecified atom stereocenters. The summed E-state index contributed by atoms with van der Waals surface area (Å²) in [7, 11) is 3.74. The van der Waals surface area contributed by atoms with Gasteiger partial charge in [0.2, 0.25) is 0 Å². The minimum Gasteiger partial charge on any atom is -0.388 e. The number of nitrogens with zero attached hydrogens (tertiary/aromatic N) is 3. The Bertz CT molecular complexity index is 1100. The number of hydrogen-bond donors (Lipinski definition) is 3. The monoisotopic (exact) mass is 446 g/mol. The van der Waals surface area contributed by atoms with Gasteiger partial charge in [-0.15, -0.1) is 0 Å². The Morgan fingerprint density at radius 1 is 1.27 bits per heavy atom. The van der Waals surface area contributed by atoms with Gasteiger partial charge in [0.25, 0.3) is 0 Å². The first kappa shape index (κ1) is 24.8. The molecule has 33 heavy (non-hydrogen) atoms. The maximum absolute atomic E-state index is 10.2. The SMILES string of the molecule is C=c1/c(=C\C=C(/CC)CCCCN(N)NC)c(C#N)c(-c2ccc(NC)cc2)n1C1CCC1. The molecular formula is C27H38N6. The van der Waals surface area contributed by atoms with Crippen LogP contribution in [0.3, 0.4) is 0 Å². The van der Waals surface area contributed by atoms with Crippen molar-refractivity contribution in [2.24, 2.45) is 5.84 Å². The highest BCUT2D eigenvalue weighted by Gasteiger charge is 2.26. The van der Waals surface area contributed by atoms with Crippen molar-refractivity contribution in [3.63, 3.8) is 0 Å². The first-order valence-electron chi connectivity index (χ1n) is 12.0. The summed E-state index contributed by atoms with van der Waals surface area (Å²) in [6, 6.07) is 11.2. The number of unbranched alkanes of at least 4 members (excludes halogenated alkanes) is 1. The van der Waals surface area contributed by atoms with Crippen molar-refractivity contribution in [2.75, 3.05) is 26.0 Å². The van der Waals surface area contributed by atoms with Gasteiger partial charge in [0.1, 0.15) is 6.07 Å². The molecule has 0 saturated heterocycles. The second-order valence-electron chi connectivity index (χ2n) is 8.70. The summed E-state index contributed by atoms with van der Waals surface area (Å²) in [5, 5.41) is 16.9. The van der Waals surface area contributed by atoms with Gasteiger partial charge in [0.15, 0.2) is 0 Å². The van der Waals surface area contributed by atoms with Gasteiger partial charge in [-0.3, -0.25) is 5.84 Å². The van der Waals surface area contributed by atoms with Crippen molar-refractivity contribution in [1.82, 2.24) is 15.1 Å². The van der Waals surface area contributed by atoms with Crippen LogP contribution in [0.25, 0.3) is 23.9 Å². The highest BCUT2D eigenvalue weighted by Crippen LogP contribution is 2.35. The molecule has 0 amide bonds. The number of anilines is 1. The first-order chi connectivity index (χ1) is 16.0. The van der Waals surface area contributed by atoms with E-state index in [-0.39, 0.29) is 0 Å². The number of rotatable bonds is 11. The number of aromatic nitrogens is 1. The Hall–Kier alpha value is -2.85. The molecule has 0 atom stereocenters. The summed E-state index contributed by atoms with van der Waals surface area (Å²) < 4.78 is 2.31. The zero-order valence-corrected chi connectivity index (χ0v) is 20.3. The van der Waals surface area contributed by atoms with Crippen molar-refractivity contribution in [3.05, 3.63) is 52.0 Å². The van der Waals surface area contributed by atoms with Gasteiger partial charge in [0, 0.05) is 42.9 Å². The predicted octanol–water partition coefficient (Wildman–Crippen LogP) is 3.80. The lowest BCUT2D eigenvalue weighted by molar-refractivity contribution is 0.209. The van der Waals surface area contributed by atoms with Gasteiger partial charge in [0.05, 0.1) is 11.3 Å². The number of benzene rings is 1. The molecular weight excluding hydrogens is 408 g/mol. The van der Waals surface area contributed by atoms with Crippen LogP contribution in [-0.2, 0) is 0 Å². The topological polar surface area (TPSA) is 82.0 Å². The zero-order chi connectivity index (χ0) is 23.8. The number of nitriles is 1. The Labute approximate surface area is 198 Å². The lowest BCUT2D eigenvalue weighted by atomic mass is 9.92. The quantitative estimate of drug-likeness (QED) is 0.278. The predicted molar refractivity (Wildman–Crippen MR) is 138 cm³/mol. The van der Waals surface area contributed by atoms with Crippen molar-refractivity contribution in [1.29, 1.82) is 5.26 Å². The average molecular weight is 447 g/mol. The van der Waals surface area contributed by atoms with Gasteiger partial charge < -0.3 is 9.88 Å². The molecule has 6 nitrogen and oxygen atoms in total. The van der Waals surface area contributed by atoms with Crippen molar-refractivity contribution >= 4 is 18.3 Å². The smallest absolute Gasteiger partial charge is 0.102 e. The van der Waals surface area contributed by atoms with Crippen LogP contribution >= 0.6 is 0 Å². The largest absolute Gasteiger partial charge is 0.388 e. The highest BCUT2D eigenvalue weighted by atomic mass is 15.6. The minimum absolute atomic E-state index is 0.423. The minimum atomic E-state index is 0.423. The van der Waals surface area contributed by atoms with Crippen LogP contribution in [0.5, 0.6) is 0 Å². The van der Waals surface area contributed by atoms with E-state index in [0.717, 1.165) is 78.1 Å². The second kappa shape index (κ2) is 11.9. The number of hydrogen-bond acceptors (Lipinski definition) is 5. The van der Waals surface area contributed by atoms with Gasteiger partial charge in [-0.2, -0.15) is 10.4 Å². The Balaban J connectivity index is 1.98. The zero-order valence-electron chi connectivity index (χ0n) is 20.3. The van der Waals surface area contributed by atoms with E-state index in [0.29, 0.717) is 6.04 Å². The lowest BCUT2D eigenvalue weighted by Gasteiger charge is -2.29. The first-order valence-corrected chi connectivity index (χ1v) is 12.0. The molecule has 1 aromatic heterocycles. The van der Waals surface area contributed by atoms with E-state index in [4.69, 9.17) is 5.84 Å². The fourth-order valence-electron chi connectivity index (χ4n) is 4.40. The van der Waals surface area contributed by atoms with Crippen molar-refractivity contribution in [2.45, 2.75) is 57.9 Å². The molecule has 2 aromatic rings. The van der Waals surface area contributed by atoms with E-state index in [2.05, 4.69) is 71.3 Å². The van der Waals surface area contributed by atoms with E-state index in [9.17, 15) is 5.26 Å². The summed E-state index contributed by atoms with van der Waals surface area (Å²) in [6.07, 6.45) is 12.0. The second-order valence-corrected chi connectivity index (χ2v) is 8.70. The third kappa shape index (κ3) is 5.75. The third-order valence-corrected chi connectivity index (χ3v) is 6.72. The fraction of sp³-hybridized carbons (Fsp3) is 0.444. The van der Waals surface area contributed by atoms with E-state index < -0.39 is 0 Å². The summed E-state index contributed by atoms with van der Waals surface area (Å²) in [6.45, 7) is 7.44. The van der Waals surface area contributed by atoms with Crippen LogP contribution in [0.2, 0.25) is 0 Å². The van der Waals surface area contributed by atoms with Crippen LogP contribution in [-0.4, -0.2) is 30.3 Å². The van der Waals surface area contributed by atoms with E-state index in [1.807, 2.05) is 14.1 Å². The molecule has 0 radical (unpaired) electrons. The molecule has 1 heterocycles. The van der Waals surface area contributed by atoms with Gasteiger partial charge in [-0.05, 0) is 62.6 Å². The molecule has 0 spiro atoms. The summed E-state index contributed by atoms with van der Waals surface area (Å²) in [5.74, 6) is 5.78. The molecule has 0 aliphatic heterocycles. The molecule has 1 aromatic carbocycles. The van der Waals surface area contributed by atoms with E-state index in [1.54, 1.807) is 5.12 Å². The van der Waals surface area contributed by atoms with Crippen LogP contribution in [0.15, 0.2) is 35.9 Å². The molecule has 1 saturated carbocycles. The van der Waals surface area contributed by atoms with Crippen molar-refractivity contribution < 1.29 is 0 Å². The maximum atomic E-state index is 10.2. The van der Waals surface area contributed by atoms with Gasteiger partial charge in [-0.1, -0.05) is 43.4 Å². The molecule has 1 aliphatic carbocycles. The summed E-state index contributed by atoms with van der Waals surface area (Å²) in [4.78, 5) is 0. The fourth-order valence-corrected chi connectivity index (χ4v) is 4.40. The van der Waals surface area contributed by atoms with Crippen LogP contribution < -0.4 is 27.2 Å². The molecule has 1 fully saturated rings. The number of hydrazine groups is 2. The lowest BCUT2D eigenvalue weighted by Crippen LogP contribution is -2.41. The highest BCUT2D eigenvalue weighted by molar-refractivity contribution is 5.71. The van der Waals surface area contributed by atoms with Gasteiger partial charge in [-0.25, -0.2) is 5.43 Å². The van der Waals surface area contributed by atoms with E-state index >= 15 is 0 Å². The van der Waals surface area contributed by atoms with Crippen molar-refractivity contribution in [3.8, 4) is 17.3 Å². The summed E-state index contributed by atoms with van der Waals surface area (Å²) >= 11 is 0. The average Bonchev–Trinajstić information content (AvgIpc) is 3.08. The van der Waals surface area contributed by atoms with Crippen LogP contribution in [0, 0.1) is 11.3 Å². The Morgan fingerprint density at radius 2 is 2.00 bits per heavy atom. The third-order valence-electron chi connectivity index (χ3n) is 6.72. The van der Waals surface area contributed by atoms with E-state index in [1.165, 1.54) is 12.0 Å². The molecule has 0 bridgehead atoms. The number of nitrogens with one attached hydrogen (secondary N) is 2. The normalized spacial score (nSPS) is 15.0. The Morgan fingerprint density at radius 3 is 2.55 bits per heavy atom. The van der Waals surface area contributed by atoms with Crippen LogP contribution in [0.4, 0.5) is 5.69 Å². The van der Waals surface area contributed by atoms with Gasteiger partial charge >= 0.3 is 0 Å². The Kier molecular flexibility index (Phi) is 8.90. The molecule has 6 heteroatoms. The molecule has 3 rings (SSSR count). The molecule has 4 N–H and O–H groups in total. The molecule has 176 valence electrons.